The third-order valence-corrected chi connectivity index (χ3v) is 2.68. The Kier molecular flexibility index (Phi) is 3.20. The van der Waals surface area contributed by atoms with E-state index >= 15 is 0 Å². The van der Waals surface area contributed by atoms with Crippen LogP contribution in [0.15, 0.2) is 42.5 Å². The maximum Gasteiger partial charge on any atom is 0.159 e. The molecule has 0 atom stereocenters. The highest BCUT2D eigenvalue weighted by molar-refractivity contribution is 5.95. The number of hydrogen-bond donors (Lipinski definition) is 0. The summed E-state index contributed by atoms with van der Waals surface area (Å²) in [4.78, 5) is 11.3. The van der Waals surface area contributed by atoms with E-state index in [4.69, 9.17) is 5.26 Å². The van der Waals surface area contributed by atoms with E-state index in [1.54, 1.807) is 24.3 Å². The molecule has 0 unspecified atom stereocenters. The highest BCUT2D eigenvalue weighted by atomic mass is 19.1. The van der Waals surface area contributed by atoms with Gasteiger partial charge in [-0.2, -0.15) is 5.26 Å². The summed E-state index contributed by atoms with van der Waals surface area (Å²) in [6.07, 6.45) is 0. The number of carbonyl (C=O) groups excluding carboxylic acids is 1. The predicted octanol–water partition coefficient (Wildman–Crippen LogP) is 3.57. The molecule has 0 N–H and O–H groups in total. The molecule has 0 aliphatic carbocycles. The predicted molar refractivity (Wildman–Crippen MR) is 66.6 cm³/mol. The Morgan fingerprint density at radius 1 is 1.22 bits per heavy atom. The lowest BCUT2D eigenvalue weighted by Crippen LogP contribution is -1.94. The van der Waals surface area contributed by atoms with Crippen LogP contribution in [0.1, 0.15) is 22.8 Å². The molecule has 2 nitrogen and oxygen atoms in total. The van der Waals surface area contributed by atoms with Crippen LogP contribution >= 0.6 is 0 Å². The van der Waals surface area contributed by atoms with Crippen LogP contribution < -0.4 is 0 Å². The molecule has 0 heterocycles. The second-order valence-electron chi connectivity index (χ2n) is 3.94. The highest BCUT2D eigenvalue weighted by Crippen LogP contribution is 2.25. The normalized spacial score (nSPS) is 9.83. The largest absolute Gasteiger partial charge is 0.295 e. The zero-order chi connectivity index (χ0) is 13.1. The van der Waals surface area contributed by atoms with Gasteiger partial charge in [0.1, 0.15) is 5.82 Å². The minimum absolute atomic E-state index is 0.118. The van der Waals surface area contributed by atoms with E-state index < -0.39 is 5.82 Å². The SMILES string of the molecule is CC(=O)c1ccc(F)c(-c2cccc(C#N)c2)c1. The van der Waals surface area contributed by atoms with Gasteiger partial charge in [-0.05, 0) is 42.8 Å². The fourth-order valence-electron chi connectivity index (χ4n) is 1.72. The van der Waals surface area contributed by atoms with E-state index in [-0.39, 0.29) is 5.78 Å². The highest BCUT2D eigenvalue weighted by Gasteiger charge is 2.09. The number of rotatable bonds is 2. The molecule has 2 rings (SSSR count). The Morgan fingerprint density at radius 3 is 2.67 bits per heavy atom. The van der Waals surface area contributed by atoms with Gasteiger partial charge in [0.05, 0.1) is 11.6 Å². The van der Waals surface area contributed by atoms with Crippen LogP contribution in [0.4, 0.5) is 4.39 Å². The van der Waals surface area contributed by atoms with Crippen LogP contribution in [0.3, 0.4) is 0 Å². The molecule has 0 aromatic heterocycles. The molecule has 0 amide bonds. The van der Waals surface area contributed by atoms with Crippen molar-refractivity contribution in [3.63, 3.8) is 0 Å². The van der Waals surface area contributed by atoms with Gasteiger partial charge in [0.15, 0.2) is 5.78 Å². The smallest absolute Gasteiger partial charge is 0.159 e. The average Bonchev–Trinajstić information content (AvgIpc) is 2.39. The molecular formula is C15H10FNO. The lowest BCUT2D eigenvalue weighted by molar-refractivity contribution is 0.101. The molecular weight excluding hydrogens is 229 g/mol. The summed E-state index contributed by atoms with van der Waals surface area (Å²) in [5.74, 6) is -0.525. The van der Waals surface area contributed by atoms with E-state index in [1.807, 2.05) is 6.07 Å². The summed E-state index contributed by atoms with van der Waals surface area (Å²) >= 11 is 0. The van der Waals surface area contributed by atoms with Gasteiger partial charge in [-0.3, -0.25) is 4.79 Å². The monoisotopic (exact) mass is 239 g/mol. The molecule has 2 aromatic carbocycles. The van der Waals surface area contributed by atoms with Crippen molar-refractivity contribution in [1.82, 2.24) is 0 Å². The van der Waals surface area contributed by atoms with Gasteiger partial charge < -0.3 is 0 Å². The lowest BCUT2D eigenvalue weighted by atomic mass is 9.99. The van der Waals surface area contributed by atoms with Gasteiger partial charge in [-0.25, -0.2) is 4.39 Å². The zero-order valence-corrected chi connectivity index (χ0v) is 9.77. The molecule has 0 saturated carbocycles. The summed E-state index contributed by atoms with van der Waals surface area (Å²) in [6, 6.07) is 12.9. The van der Waals surface area contributed by atoms with E-state index in [2.05, 4.69) is 0 Å². The molecule has 0 bridgehead atoms. The topological polar surface area (TPSA) is 40.9 Å². The summed E-state index contributed by atoms with van der Waals surface area (Å²) in [7, 11) is 0. The molecule has 18 heavy (non-hydrogen) atoms. The number of nitriles is 1. The van der Waals surface area contributed by atoms with Crippen molar-refractivity contribution < 1.29 is 9.18 Å². The second kappa shape index (κ2) is 4.80. The Balaban J connectivity index is 2.59. The molecule has 2 aromatic rings. The number of benzene rings is 2. The van der Waals surface area contributed by atoms with Crippen LogP contribution in [0, 0.1) is 17.1 Å². The van der Waals surface area contributed by atoms with Gasteiger partial charge >= 0.3 is 0 Å². The fourth-order valence-corrected chi connectivity index (χ4v) is 1.72. The molecule has 0 saturated heterocycles. The van der Waals surface area contributed by atoms with Crippen molar-refractivity contribution >= 4 is 5.78 Å². The first-order chi connectivity index (χ1) is 8.61. The minimum atomic E-state index is -0.407. The number of hydrogen-bond acceptors (Lipinski definition) is 2. The number of nitrogens with zero attached hydrogens (tertiary/aromatic N) is 1. The van der Waals surface area contributed by atoms with Crippen LogP contribution in [0.5, 0.6) is 0 Å². The first kappa shape index (κ1) is 12.0. The summed E-state index contributed by atoms with van der Waals surface area (Å²) in [6.45, 7) is 1.43. The molecule has 0 radical (unpaired) electrons. The Labute approximate surface area is 104 Å². The third kappa shape index (κ3) is 2.28. The number of Topliss-reactive ketones (excluding diaryl/α,β-unsaturated/α-hetero) is 1. The lowest BCUT2D eigenvalue weighted by Gasteiger charge is -2.05. The summed E-state index contributed by atoms with van der Waals surface area (Å²) < 4.78 is 13.8. The van der Waals surface area contributed by atoms with Crippen LogP contribution in [-0.4, -0.2) is 5.78 Å². The van der Waals surface area contributed by atoms with Crippen molar-refractivity contribution in [3.05, 3.63) is 59.4 Å². The Morgan fingerprint density at radius 2 is 2.00 bits per heavy atom. The van der Waals surface area contributed by atoms with Crippen molar-refractivity contribution in [2.45, 2.75) is 6.92 Å². The first-order valence-corrected chi connectivity index (χ1v) is 5.43. The van der Waals surface area contributed by atoms with Gasteiger partial charge in [-0.15, -0.1) is 0 Å². The van der Waals surface area contributed by atoms with Crippen molar-refractivity contribution in [2.24, 2.45) is 0 Å². The van der Waals surface area contributed by atoms with Crippen molar-refractivity contribution in [3.8, 4) is 17.2 Å². The Hall–Kier alpha value is -2.47. The van der Waals surface area contributed by atoms with E-state index in [0.29, 0.717) is 22.3 Å². The van der Waals surface area contributed by atoms with E-state index in [9.17, 15) is 9.18 Å². The molecule has 88 valence electrons. The molecule has 0 fully saturated rings. The molecule has 0 aliphatic heterocycles. The maximum atomic E-state index is 13.8. The summed E-state index contributed by atoms with van der Waals surface area (Å²) in [5, 5.41) is 8.82. The third-order valence-electron chi connectivity index (χ3n) is 2.68. The number of carbonyl (C=O) groups is 1. The van der Waals surface area contributed by atoms with Gasteiger partial charge in [-0.1, -0.05) is 12.1 Å². The van der Waals surface area contributed by atoms with Crippen LogP contribution in [0.2, 0.25) is 0 Å². The standard InChI is InChI=1S/C15H10FNO/c1-10(18)12-5-6-15(16)14(8-12)13-4-2-3-11(7-13)9-17/h2-8H,1H3. The fraction of sp³-hybridized carbons (Fsp3) is 0.0667. The second-order valence-corrected chi connectivity index (χ2v) is 3.94. The van der Waals surface area contributed by atoms with E-state index in [1.165, 1.54) is 25.1 Å². The first-order valence-electron chi connectivity index (χ1n) is 5.43. The Bertz CT molecular complexity index is 656. The van der Waals surface area contributed by atoms with Crippen LogP contribution in [0.25, 0.3) is 11.1 Å². The molecule has 0 spiro atoms. The van der Waals surface area contributed by atoms with Gasteiger partial charge in [0.2, 0.25) is 0 Å². The maximum absolute atomic E-state index is 13.8. The number of ketones is 1. The van der Waals surface area contributed by atoms with Crippen molar-refractivity contribution in [2.75, 3.05) is 0 Å². The van der Waals surface area contributed by atoms with E-state index in [0.717, 1.165) is 0 Å². The average molecular weight is 239 g/mol. The van der Waals surface area contributed by atoms with Crippen LogP contribution in [-0.2, 0) is 0 Å². The minimum Gasteiger partial charge on any atom is -0.295 e. The van der Waals surface area contributed by atoms with Gasteiger partial charge in [0, 0.05) is 11.1 Å². The molecule has 0 aliphatic rings. The molecule has 3 heteroatoms. The van der Waals surface area contributed by atoms with Gasteiger partial charge in [0.25, 0.3) is 0 Å². The summed E-state index contributed by atoms with van der Waals surface area (Å²) in [5.41, 5.74) is 1.84. The van der Waals surface area contributed by atoms with Crippen molar-refractivity contribution in [1.29, 1.82) is 5.26 Å². The zero-order valence-electron chi connectivity index (χ0n) is 9.77. The quantitative estimate of drug-likeness (QED) is 0.752. The number of halogens is 1.